The molecule has 62 valence electrons. The van der Waals surface area contributed by atoms with Crippen molar-refractivity contribution in [1.82, 2.24) is 10.4 Å². The number of nitrogens with zero attached hydrogens (tertiary/aromatic N) is 1. The van der Waals surface area contributed by atoms with Gasteiger partial charge in [0.05, 0.1) is 0 Å². The highest BCUT2D eigenvalue weighted by Gasteiger charge is 2.07. The van der Waals surface area contributed by atoms with Crippen LogP contribution in [0.25, 0.3) is 0 Å². The third kappa shape index (κ3) is 1.62. The molecule has 1 unspecified atom stereocenters. The van der Waals surface area contributed by atoms with Gasteiger partial charge in [0.15, 0.2) is 0 Å². The van der Waals surface area contributed by atoms with Gasteiger partial charge in [-0.15, -0.1) is 6.42 Å². The van der Waals surface area contributed by atoms with Crippen LogP contribution >= 0.6 is 0 Å². The number of hydrazine groups is 1. The molecule has 1 heterocycles. The van der Waals surface area contributed by atoms with Crippen molar-refractivity contribution in [3.8, 4) is 12.3 Å². The molecule has 0 saturated heterocycles. The molecular weight excluding hydrogens is 150 g/mol. The molecule has 1 aromatic rings. The van der Waals surface area contributed by atoms with E-state index in [1.165, 1.54) is 0 Å². The van der Waals surface area contributed by atoms with E-state index in [0.717, 1.165) is 11.3 Å². The lowest BCUT2D eigenvalue weighted by Gasteiger charge is -2.10. The normalized spacial score (nSPS) is 12.1. The summed E-state index contributed by atoms with van der Waals surface area (Å²) in [5, 5.41) is 0. The van der Waals surface area contributed by atoms with Gasteiger partial charge in [0.2, 0.25) is 0 Å². The predicted molar refractivity (Wildman–Crippen MR) is 47.9 cm³/mol. The van der Waals surface area contributed by atoms with Crippen LogP contribution in [0.4, 0.5) is 0 Å². The Bertz CT molecular complexity index is 301. The fourth-order valence-electron chi connectivity index (χ4n) is 1.03. The molecule has 1 atom stereocenters. The molecule has 0 amide bonds. The minimum Gasteiger partial charge on any atom is -0.270 e. The van der Waals surface area contributed by atoms with Gasteiger partial charge in [-0.05, 0) is 13.0 Å². The van der Waals surface area contributed by atoms with Gasteiger partial charge >= 0.3 is 0 Å². The fourth-order valence-corrected chi connectivity index (χ4v) is 1.03. The summed E-state index contributed by atoms with van der Waals surface area (Å²) in [6.07, 6.45) is 6.99. The number of hydrogen-bond acceptors (Lipinski definition) is 3. The van der Waals surface area contributed by atoms with Gasteiger partial charge in [-0.3, -0.25) is 10.8 Å². The predicted octanol–water partition coefficient (Wildman–Crippen LogP) is 0.528. The molecule has 1 aromatic heterocycles. The first-order chi connectivity index (χ1) is 5.79. The molecule has 0 aliphatic rings. The second-order valence-corrected chi connectivity index (χ2v) is 2.44. The van der Waals surface area contributed by atoms with Gasteiger partial charge in [0, 0.05) is 17.5 Å². The molecule has 3 heteroatoms. The van der Waals surface area contributed by atoms with Crippen molar-refractivity contribution in [2.24, 2.45) is 5.84 Å². The number of aryl methyl sites for hydroxylation is 1. The van der Waals surface area contributed by atoms with E-state index >= 15 is 0 Å². The zero-order chi connectivity index (χ0) is 8.97. The molecule has 3 nitrogen and oxygen atoms in total. The quantitative estimate of drug-likeness (QED) is 0.378. The van der Waals surface area contributed by atoms with E-state index in [0.29, 0.717) is 0 Å². The Hall–Kier alpha value is -1.37. The van der Waals surface area contributed by atoms with Crippen LogP contribution in [0.1, 0.15) is 17.3 Å². The van der Waals surface area contributed by atoms with E-state index in [-0.39, 0.29) is 6.04 Å². The van der Waals surface area contributed by atoms with E-state index < -0.39 is 0 Å². The van der Waals surface area contributed by atoms with Gasteiger partial charge < -0.3 is 0 Å². The van der Waals surface area contributed by atoms with Gasteiger partial charge in [0.1, 0.15) is 6.04 Å². The third-order valence-electron chi connectivity index (χ3n) is 1.69. The Morgan fingerprint density at radius 1 is 1.75 bits per heavy atom. The maximum Gasteiger partial charge on any atom is 0.108 e. The Morgan fingerprint density at radius 3 is 3.00 bits per heavy atom. The third-order valence-corrected chi connectivity index (χ3v) is 1.69. The first kappa shape index (κ1) is 8.72. The molecule has 3 N–H and O–H groups in total. The number of nitrogens with two attached hydrogens (primary N) is 1. The Kier molecular flexibility index (Phi) is 2.81. The summed E-state index contributed by atoms with van der Waals surface area (Å²) in [6.45, 7) is 1.90. The van der Waals surface area contributed by atoms with Crippen LogP contribution in [0.15, 0.2) is 18.3 Å². The number of terminal acetylenes is 1. The SMILES string of the molecule is C#CC(NN)c1cccnc1C. The Morgan fingerprint density at radius 2 is 2.50 bits per heavy atom. The van der Waals surface area contributed by atoms with E-state index in [9.17, 15) is 0 Å². The molecule has 0 bridgehead atoms. The average molecular weight is 161 g/mol. The van der Waals surface area contributed by atoms with E-state index in [1.807, 2.05) is 19.1 Å². The Balaban J connectivity index is 3.02. The van der Waals surface area contributed by atoms with Gasteiger partial charge in [-0.2, -0.15) is 0 Å². The fraction of sp³-hybridized carbons (Fsp3) is 0.222. The molecule has 0 aliphatic carbocycles. The van der Waals surface area contributed by atoms with Crippen LogP contribution in [0, 0.1) is 19.3 Å². The second kappa shape index (κ2) is 3.86. The van der Waals surface area contributed by atoms with Crippen LogP contribution < -0.4 is 11.3 Å². The smallest absolute Gasteiger partial charge is 0.108 e. The van der Waals surface area contributed by atoms with Crippen molar-refractivity contribution in [3.05, 3.63) is 29.6 Å². The van der Waals surface area contributed by atoms with Crippen LogP contribution in [0.5, 0.6) is 0 Å². The lowest BCUT2D eigenvalue weighted by Crippen LogP contribution is -2.27. The summed E-state index contributed by atoms with van der Waals surface area (Å²) in [7, 11) is 0. The minimum absolute atomic E-state index is 0.251. The summed E-state index contributed by atoms with van der Waals surface area (Å²) in [5.74, 6) is 7.80. The number of nitrogens with one attached hydrogen (secondary N) is 1. The number of hydrogen-bond donors (Lipinski definition) is 2. The number of aromatic nitrogens is 1. The topological polar surface area (TPSA) is 50.9 Å². The molecule has 0 aromatic carbocycles. The van der Waals surface area contributed by atoms with E-state index in [2.05, 4.69) is 16.3 Å². The monoisotopic (exact) mass is 161 g/mol. The average Bonchev–Trinajstić information content (AvgIpc) is 2.10. The summed E-state index contributed by atoms with van der Waals surface area (Å²) >= 11 is 0. The summed E-state index contributed by atoms with van der Waals surface area (Å²) in [4.78, 5) is 4.10. The summed E-state index contributed by atoms with van der Waals surface area (Å²) in [6, 6.07) is 3.50. The first-order valence-electron chi connectivity index (χ1n) is 3.63. The van der Waals surface area contributed by atoms with Gasteiger partial charge in [-0.1, -0.05) is 12.0 Å². The lowest BCUT2D eigenvalue weighted by atomic mass is 10.1. The van der Waals surface area contributed by atoms with Crippen molar-refractivity contribution >= 4 is 0 Å². The molecule has 0 aliphatic heterocycles. The van der Waals surface area contributed by atoms with Crippen molar-refractivity contribution in [3.63, 3.8) is 0 Å². The lowest BCUT2D eigenvalue weighted by molar-refractivity contribution is 0.666. The number of pyridine rings is 1. The molecule has 0 spiro atoms. The highest BCUT2D eigenvalue weighted by molar-refractivity contribution is 5.28. The molecule has 1 rings (SSSR count). The van der Waals surface area contributed by atoms with Crippen LogP contribution in [-0.2, 0) is 0 Å². The molecule has 0 fully saturated rings. The van der Waals surface area contributed by atoms with Crippen molar-refractivity contribution in [2.45, 2.75) is 13.0 Å². The second-order valence-electron chi connectivity index (χ2n) is 2.44. The van der Waals surface area contributed by atoms with E-state index in [1.54, 1.807) is 6.20 Å². The van der Waals surface area contributed by atoms with Gasteiger partial charge in [-0.25, -0.2) is 5.43 Å². The highest BCUT2D eigenvalue weighted by atomic mass is 15.2. The van der Waals surface area contributed by atoms with Crippen molar-refractivity contribution < 1.29 is 0 Å². The summed E-state index contributed by atoms with van der Waals surface area (Å²) < 4.78 is 0. The largest absolute Gasteiger partial charge is 0.270 e. The standard InChI is InChI=1S/C9H11N3/c1-3-9(12-10)8-5-4-6-11-7(8)2/h1,4-6,9,12H,10H2,2H3. The van der Waals surface area contributed by atoms with Crippen LogP contribution in [0.2, 0.25) is 0 Å². The first-order valence-corrected chi connectivity index (χ1v) is 3.63. The molecule has 0 radical (unpaired) electrons. The maximum atomic E-state index is 5.26. The Labute approximate surface area is 72.0 Å². The van der Waals surface area contributed by atoms with Crippen LogP contribution in [0.3, 0.4) is 0 Å². The molecule has 0 saturated carbocycles. The maximum absolute atomic E-state index is 5.26. The van der Waals surface area contributed by atoms with Crippen molar-refractivity contribution in [2.75, 3.05) is 0 Å². The van der Waals surface area contributed by atoms with Crippen molar-refractivity contribution in [1.29, 1.82) is 0 Å². The number of rotatable bonds is 2. The van der Waals surface area contributed by atoms with E-state index in [4.69, 9.17) is 12.3 Å². The summed E-state index contributed by atoms with van der Waals surface area (Å²) in [5.41, 5.74) is 4.38. The zero-order valence-corrected chi connectivity index (χ0v) is 6.91. The highest BCUT2D eigenvalue weighted by Crippen LogP contribution is 2.12. The minimum atomic E-state index is -0.251. The molecule has 12 heavy (non-hydrogen) atoms. The van der Waals surface area contributed by atoms with Gasteiger partial charge in [0.25, 0.3) is 0 Å². The zero-order valence-electron chi connectivity index (χ0n) is 6.91. The molecular formula is C9H11N3. The van der Waals surface area contributed by atoms with Crippen LogP contribution in [-0.4, -0.2) is 4.98 Å².